The zero-order chi connectivity index (χ0) is 25.8. The number of ether oxygens (including phenoxy) is 1. The van der Waals surface area contributed by atoms with Gasteiger partial charge in [0.15, 0.2) is 0 Å². The number of nitrogens with zero attached hydrogens (tertiary/aromatic N) is 6. The molecule has 1 amide bonds. The highest BCUT2D eigenvalue weighted by atomic mass is 35.5. The largest absolute Gasteiger partial charge is 0.388 e. The maximum atomic E-state index is 12.8. The van der Waals surface area contributed by atoms with E-state index in [2.05, 4.69) is 27.7 Å². The molecule has 2 aliphatic rings. The molecule has 38 heavy (non-hydrogen) atoms. The number of carbonyl (C=O) groups is 1. The molecule has 5 aromatic rings. The number of rotatable bonds is 8. The van der Waals surface area contributed by atoms with Crippen molar-refractivity contribution in [2.75, 3.05) is 13.2 Å². The number of aliphatic hydroxyl groups is 1. The lowest BCUT2D eigenvalue weighted by atomic mass is 9.93. The molecule has 5 aromatic heterocycles. The van der Waals surface area contributed by atoms with Crippen LogP contribution in [-0.4, -0.2) is 52.8 Å². The van der Waals surface area contributed by atoms with E-state index in [1.165, 1.54) is 18.4 Å². The first-order chi connectivity index (χ1) is 18.5. The maximum absolute atomic E-state index is 12.8. The maximum Gasteiger partial charge on any atom is 0.254 e. The van der Waals surface area contributed by atoms with Gasteiger partial charge in [-0.1, -0.05) is 11.6 Å². The Kier molecular flexibility index (Phi) is 5.68. The second-order valence-electron chi connectivity index (χ2n) is 10.1. The summed E-state index contributed by atoms with van der Waals surface area (Å²) < 4.78 is 10.9. The molecular weight excluding hydrogens is 506 g/mol. The summed E-state index contributed by atoms with van der Waals surface area (Å²) >= 11 is 6.11. The molecule has 7 rings (SSSR count). The third-order valence-corrected chi connectivity index (χ3v) is 7.58. The minimum Gasteiger partial charge on any atom is -0.388 e. The highest BCUT2D eigenvalue weighted by molar-refractivity contribution is 6.30. The average molecular weight is 532 g/mol. The summed E-state index contributed by atoms with van der Waals surface area (Å²) in [4.78, 5) is 22.0. The topological polar surface area (TPSA) is 111 Å². The van der Waals surface area contributed by atoms with Gasteiger partial charge in [0.05, 0.1) is 67.4 Å². The van der Waals surface area contributed by atoms with Crippen molar-refractivity contribution < 1.29 is 14.6 Å². The SMILES string of the molecule is O=C(NCc1ncn2ccc(Cl)cc12)c1cnn(Cc2cn3cc(C4CC4)cc(C(O)C4COC4)c3n2)c1. The summed E-state index contributed by atoms with van der Waals surface area (Å²) in [5, 5.41) is 18.9. The standard InChI is InChI=1S/C27H26ClN7O3/c28-20-3-4-33-15-30-23(24(33)6-20)8-29-27(37)18-7-31-35(10-18)12-21-11-34-9-17(16-1-2-16)5-22(26(34)32-21)25(36)19-13-38-14-19/h3-7,9-11,15-16,19,25,36H,1-2,8,12-14H2,(H,29,37). The van der Waals surface area contributed by atoms with Gasteiger partial charge in [-0.2, -0.15) is 5.10 Å². The molecule has 11 heteroatoms. The van der Waals surface area contributed by atoms with Crippen LogP contribution in [0, 0.1) is 5.92 Å². The zero-order valence-electron chi connectivity index (χ0n) is 20.5. The number of hydrogen-bond acceptors (Lipinski definition) is 6. The number of fused-ring (bicyclic) bond motifs is 2. The number of aliphatic hydroxyl groups excluding tert-OH is 1. The second-order valence-corrected chi connectivity index (χ2v) is 10.6. The lowest BCUT2D eigenvalue weighted by Gasteiger charge is -2.31. The van der Waals surface area contributed by atoms with Gasteiger partial charge in [-0.25, -0.2) is 9.97 Å². The van der Waals surface area contributed by atoms with Crippen molar-refractivity contribution in [2.45, 2.75) is 38.0 Å². The number of pyridine rings is 2. The van der Waals surface area contributed by atoms with E-state index in [0.29, 0.717) is 36.3 Å². The predicted molar refractivity (Wildman–Crippen MR) is 139 cm³/mol. The average Bonchev–Trinajstić information content (AvgIpc) is 3.29. The van der Waals surface area contributed by atoms with Gasteiger partial charge in [0.25, 0.3) is 5.91 Å². The van der Waals surface area contributed by atoms with Crippen molar-refractivity contribution in [2.24, 2.45) is 5.92 Å². The summed E-state index contributed by atoms with van der Waals surface area (Å²) in [7, 11) is 0. The Morgan fingerprint density at radius 2 is 2.08 bits per heavy atom. The molecule has 2 fully saturated rings. The van der Waals surface area contributed by atoms with Gasteiger partial charge in [0.2, 0.25) is 0 Å². The van der Waals surface area contributed by atoms with Crippen LogP contribution in [0.1, 0.15) is 57.7 Å². The Morgan fingerprint density at radius 3 is 2.87 bits per heavy atom. The number of aromatic nitrogens is 6. The Morgan fingerprint density at radius 1 is 1.21 bits per heavy atom. The highest BCUT2D eigenvalue weighted by Gasteiger charge is 2.32. The van der Waals surface area contributed by atoms with Gasteiger partial charge in [0.1, 0.15) is 5.65 Å². The minimum atomic E-state index is -0.608. The first-order valence-electron chi connectivity index (χ1n) is 12.7. The van der Waals surface area contributed by atoms with Crippen LogP contribution in [-0.2, 0) is 17.8 Å². The van der Waals surface area contributed by atoms with E-state index in [-0.39, 0.29) is 18.4 Å². The molecule has 194 valence electrons. The van der Waals surface area contributed by atoms with E-state index in [9.17, 15) is 9.90 Å². The number of carbonyl (C=O) groups excluding carboxylic acids is 1. The van der Waals surface area contributed by atoms with Crippen molar-refractivity contribution in [3.63, 3.8) is 0 Å². The molecule has 0 bridgehead atoms. The molecule has 0 aromatic carbocycles. The fraction of sp³-hybridized carbons (Fsp3) is 0.333. The summed E-state index contributed by atoms with van der Waals surface area (Å²) in [5.74, 6) is 0.410. The van der Waals surface area contributed by atoms with Gasteiger partial charge in [-0.3, -0.25) is 9.48 Å². The third kappa shape index (κ3) is 4.34. The predicted octanol–water partition coefficient (Wildman–Crippen LogP) is 3.37. The molecule has 1 atom stereocenters. The third-order valence-electron chi connectivity index (χ3n) is 7.35. The monoisotopic (exact) mass is 531 g/mol. The molecule has 1 unspecified atom stereocenters. The number of halogens is 1. The number of amides is 1. The Bertz CT molecular complexity index is 1660. The molecule has 1 saturated carbocycles. The Labute approximate surface area is 222 Å². The molecule has 1 saturated heterocycles. The van der Waals surface area contributed by atoms with Gasteiger partial charge in [0, 0.05) is 41.3 Å². The van der Waals surface area contributed by atoms with E-state index < -0.39 is 6.10 Å². The molecule has 1 aliphatic heterocycles. The van der Waals surface area contributed by atoms with Crippen LogP contribution in [0.15, 0.2) is 55.5 Å². The van der Waals surface area contributed by atoms with Gasteiger partial charge in [-0.05, 0) is 42.5 Å². The lowest BCUT2D eigenvalue weighted by molar-refractivity contribution is -0.0921. The van der Waals surface area contributed by atoms with Crippen LogP contribution in [0.2, 0.25) is 5.02 Å². The van der Waals surface area contributed by atoms with E-state index in [0.717, 1.165) is 28.1 Å². The number of hydrogen-bond donors (Lipinski definition) is 2. The number of nitrogens with one attached hydrogen (secondary N) is 1. The number of imidazole rings is 2. The molecule has 0 spiro atoms. The van der Waals surface area contributed by atoms with E-state index in [1.54, 1.807) is 29.5 Å². The van der Waals surface area contributed by atoms with Crippen LogP contribution < -0.4 is 5.32 Å². The summed E-state index contributed by atoms with van der Waals surface area (Å²) in [5.41, 5.74) is 5.67. The van der Waals surface area contributed by atoms with Crippen LogP contribution in [0.4, 0.5) is 0 Å². The normalized spacial score (nSPS) is 16.7. The van der Waals surface area contributed by atoms with Gasteiger partial charge >= 0.3 is 0 Å². The van der Waals surface area contributed by atoms with Crippen molar-refractivity contribution in [1.29, 1.82) is 0 Å². The second kappa shape index (κ2) is 9.23. The summed E-state index contributed by atoms with van der Waals surface area (Å²) in [6.07, 6.45) is 12.6. The Balaban J connectivity index is 1.08. The van der Waals surface area contributed by atoms with Crippen LogP contribution in [0.3, 0.4) is 0 Å². The van der Waals surface area contributed by atoms with Crippen LogP contribution in [0.5, 0.6) is 0 Å². The highest BCUT2D eigenvalue weighted by Crippen LogP contribution is 2.42. The molecule has 0 radical (unpaired) electrons. The van der Waals surface area contributed by atoms with Crippen molar-refractivity contribution >= 4 is 28.7 Å². The fourth-order valence-corrected chi connectivity index (χ4v) is 5.13. The first kappa shape index (κ1) is 23.4. The summed E-state index contributed by atoms with van der Waals surface area (Å²) in [6.45, 7) is 1.81. The zero-order valence-corrected chi connectivity index (χ0v) is 21.3. The quantitative estimate of drug-likeness (QED) is 0.317. The Hall–Kier alpha value is -3.73. The molecular formula is C27H26ClN7O3. The van der Waals surface area contributed by atoms with E-state index >= 15 is 0 Å². The van der Waals surface area contributed by atoms with E-state index in [1.807, 2.05) is 27.3 Å². The van der Waals surface area contributed by atoms with Gasteiger partial charge < -0.3 is 24.0 Å². The van der Waals surface area contributed by atoms with E-state index in [4.69, 9.17) is 21.3 Å². The van der Waals surface area contributed by atoms with Crippen molar-refractivity contribution in [3.8, 4) is 0 Å². The van der Waals surface area contributed by atoms with Gasteiger partial charge in [-0.15, -0.1) is 0 Å². The molecule has 6 heterocycles. The van der Waals surface area contributed by atoms with Crippen molar-refractivity contribution in [1.82, 2.24) is 33.9 Å². The molecule has 1 aliphatic carbocycles. The molecule has 10 nitrogen and oxygen atoms in total. The fourth-order valence-electron chi connectivity index (χ4n) is 4.97. The first-order valence-corrected chi connectivity index (χ1v) is 13.1. The summed E-state index contributed by atoms with van der Waals surface area (Å²) in [6, 6.07) is 5.72. The lowest BCUT2D eigenvalue weighted by Crippen LogP contribution is -2.33. The van der Waals surface area contributed by atoms with Crippen LogP contribution in [0.25, 0.3) is 11.2 Å². The smallest absolute Gasteiger partial charge is 0.254 e. The minimum absolute atomic E-state index is 0.0951. The molecule has 2 N–H and O–H groups in total. The van der Waals surface area contributed by atoms with Crippen LogP contribution >= 0.6 is 11.6 Å². The van der Waals surface area contributed by atoms with Crippen molar-refractivity contribution in [3.05, 3.63) is 88.6 Å².